The van der Waals surface area contributed by atoms with E-state index in [4.69, 9.17) is 19.5 Å². The molecule has 2 rings (SSSR count). The first-order valence-electron chi connectivity index (χ1n) is 8.25. The van der Waals surface area contributed by atoms with Gasteiger partial charge in [-0.15, -0.1) is 0 Å². The number of hydrogen-bond donors (Lipinski definition) is 1. The molecule has 7 nitrogen and oxygen atoms in total. The van der Waals surface area contributed by atoms with Crippen LogP contribution in [0, 0.1) is 11.3 Å². The van der Waals surface area contributed by atoms with Crippen molar-refractivity contribution >= 4 is 17.6 Å². The Bertz CT molecular complexity index is 842. The number of esters is 1. The molecule has 0 aliphatic carbocycles. The van der Waals surface area contributed by atoms with E-state index in [-0.39, 0.29) is 0 Å². The van der Waals surface area contributed by atoms with Crippen molar-refractivity contribution in [3.05, 3.63) is 54.1 Å². The van der Waals surface area contributed by atoms with Gasteiger partial charge in [0.1, 0.15) is 11.5 Å². The van der Waals surface area contributed by atoms with E-state index in [0.717, 1.165) is 0 Å². The second-order valence-electron chi connectivity index (χ2n) is 5.70. The van der Waals surface area contributed by atoms with Gasteiger partial charge in [-0.1, -0.05) is 6.07 Å². The Labute approximate surface area is 157 Å². The molecule has 2 aromatic carbocycles. The largest absolute Gasteiger partial charge is 0.497 e. The normalized spacial score (nSPS) is 12.2. The maximum atomic E-state index is 12.2. The highest BCUT2D eigenvalue weighted by Crippen LogP contribution is 2.17. The lowest BCUT2D eigenvalue weighted by Gasteiger charge is -2.18. The number of carbonyl (C=O) groups excluding carboxylic acids is 2. The summed E-state index contributed by atoms with van der Waals surface area (Å²) < 4.78 is 15.7. The summed E-state index contributed by atoms with van der Waals surface area (Å²) in [5.74, 6) is -0.122. The van der Waals surface area contributed by atoms with Crippen LogP contribution in [0.4, 0.5) is 5.69 Å². The summed E-state index contributed by atoms with van der Waals surface area (Å²) >= 11 is 0. The van der Waals surface area contributed by atoms with Crippen molar-refractivity contribution in [2.24, 2.45) is 0 Å². The number of benzene rings is 2. The molecule has 2 aromatic rings. The summed E-state index contributed by atoms with van der Waals surface area (Å²) in [6.07, 6.45) is -1.92. The van der Waals surface area contributed by atoms with Crippen molar-refractivity contribution in [2.45, 2.75) is 26.1 Å². The van der Waals surface area contributed by atoms with Crippen LogP contribution in [0.2, 0.25) is 0 Å². The standard InChI is InChI=1S/C20H20N2O5/c1-13(19(23)22-16-5-4-6-18(11-16)25-3)27-20(24)14(2)26-17-9-7-15(12-21)8-10-17/h4-11,13-14H,1-3H3,(H,22,23)/t13-,14-/m1/s1. The fourth-order valence-corrected chi connectivity index (χ4v) is 2.13. The molecule has 7 heteroatoms. The second-order valence-corrected chi connectivity index (χ2v) is 5.70. The van der Waals surface area contributed by atoms with Crippen molar-refractivity contribution in [2.75, 3.05) is 12.4 Å². The number of rotatable bonds is 7. The average Bonchev–Trinajstić information content (AvgIpc) is 2.68. The molecule has 0 aliphatic rings. The number of methoxy groups -OCH3 is 1. The molecule has 0 aliphatic heterocycles. The van der Waals surface area contributed by atoms with Gasteiger partial charge >= 0.3 is 5.97 Å². The Hall–Kier alpha value is -3.53. The maximum absolute atomic E-state index is 12.2. The Morgan fingerprint density at radius 3 is 2.37 bits per heavy atom. The van der Waals surface area contributed by atoms with E-state index in [0.29, 0.717) is 22.7 Å². The van der Waals surface area contributed by atoms with Gasteiger partial charge in [0.25, 0.3) is 5.91 Å². The molecule has 0 bridgehead atoms. The average molecular weight is 368 g/mol. The molecule has 0 heterocycles. The molecule has 0 spiro atoms. The number of amides is 1. The van der Waals surface area contributed by atoms with E-state index in [1.165, 1.54) is 21.0 Å². The molecule has 0 aromatic heterocycles. The molecule has 0 fully saturated rings. The van der Waals surface area contributed by atoms with Gasteiger partial charge in [0.15, 0.2) is 12.2 Å². The number of nitrogens with zero attached hydrogens (tertiary/aromatic N) is 1. The molecule has 1 amide bonds. The summed E-state index contributed by atoms with van der Waals surface area (Å²) in [6, 6.07) is 15.2. The summed E-state index contributed by atoms with van der Waals surface area (Å²) in [4.78, 5) is 24.3. The Balaban J connectivity index is 1.88. The SMILES string of the molecule is COc1cccc(NC(=O)[C@@H](C)OC(=O)[C@@H](C)Oc2ccc(C#N)cc2)c1. The third-order valence-corrected chi connectivity index (χ3v) is 3.63. The van der Waals surface area contributed by atoms with Crippen LogP contribution in [0.5, 0.6) is 11.5 Å². The molecule has 140 valence electrons. The molecule has 0 radical (unpaired) electrons. The fraction of sp³-hybridized carbons (Fsp3) is 0.250. The summed E-state index contributed by atoms with van der Waals surface area (Å²) in [5, 5.41) is 11.4. The van der Waals surface area contributed by atoms with Gasteiger partial charge in [-0.05, 0) is 50.2 Å². The summed E-state index contributed by atoms with van der Waals surface area (Å²) in [7, 11) is 1.53. The number of nitriles is 1. The van der Waals surface area contributed by atoms with Crippen LogP contribution in [0.25, 0.3) is 0 Å². The minimum atomic E-state index is -1.00. The van der Waals surface area contributed by atoms with Crippen molar-refractivity contribution in [1.82, 2.24) is 0 Å². The topological polar surface area (TPSA) is 97.7 Å². The smallest absolute Gasteiger partial charge is 0.347 e. The van der Waals surface area contributed by atoms with Crippen LogP contribution < -0.4 is 14.8 Å². The minimum Gasteiger partial charge on any atom is -0.497 e. The van der Waals surface area contributed by atoms with Gasteiger partial charge < -0.3 is 19.5 Å². The first kappa shape index (κ1) is 19.8. The quantitative estimate of drug-likeness (QED) is 0.755. The van der Waals surface area contributed by atoms with Crippen LogP contribution in [0.15, 0.2) is 48.5 Å². The van der Waals surface area contributed by atoms with Crippen LogP contribution in [0.1, 0.15) is 19.4 Å². The van der Waals surface area contributed by atoms with Crippen LogP contribution in [-0.2, 0) is 14.3 Å². The van der Waals surface area contributed by atoms with Crippen LogP contribution >= 0.6 is 0 Å². The van der Waals surface area contributed by atoms with Gasteiger partial charge in [-0.25, -0.2) is 4.79 Å². The third-order valence-electron chi connectivity index (χ3n) is 3.63. The second kappa shape index (κ2) is 9.25. The number of carbonyl (C=O) groups is 2. The van der Waals surface area contributed by atoms with Gasteiger partial charge in [0, 0.05) is 11.8 Å². The molecule has 2 atom stereocenters. The van der Waals surface area contributed by atoms with Crippen LogP contribution in [-0.4, -0.2) is 31.2 Å². The lowest BCUT2D eigenvalue weighted by molar-refractivity contribution is -0.159. The van der Waals surface area contributed by atoms with E-state index in [1.807, 2.05) is 6.07 Å². The Morgan fingerprint density at radius 1 is 1.04 bits per heavy atom. The van der Waals surface area contributed by atoms with Crippen molar-refractivity contribution in [3.63, 3.8) is 0 Å². The number of ether oxygens (including phenoxy) is 3. The molecule has 27 heavy (non-hydrogen) atoms. The molecule has 0 unspecified atom stereocenters. The van der Waals surface area contributed by atoms with Gasteiger partial charge in [-0.3, -0.25) is 4.79 Å². The maximum Gasteiger partial charge on any atom is 0.347 e. The lowest BCUT2D eigenvalue weighted by atomic mass is 10.2. The van der Waals surface area contributed by atoms with E-state index < -0.39 is 24.1 Å². The molecular formula is C20H20N2O5. The van der Waals surface area contributed by atoms with Crippen molar-refractivity contribution < 1.29 is 23.8 Å². The summed E-state index contributed by atoms with van der Waals surface area (Å²) in [6.45, 7) is 3.00. The van der Waals surface area contributed by atoms with Crippen molar-refractivity contribution in [3.8, 4) is 17.6 Å². The van der Waals surface area contributed by atoms with E-state index in [2.05, 4.69) is 5.32 Å². The zero-order chi connectivity index (χ0) is 19.8. The fourth-order valence-electron chi connectivity index (χ4n) is 2.13. The Kier molecular flexibility index (Phi) is 6.78. The highest BCUT2D eigenvalue weighted by molar-refractivity contribution is 5.95. The van der Waals surface area contributed by atoms with Gasteiger partial charge in [0.2, 0.25) is 0 Å². The first-order valence-corrected chi connectivity index (χ1v) is 8.25. The number of anilines is 1. The highest BCUT2D eigenvalue weighted by Gasteiger charge is 2.23. The molecular weight excluding hydrogens is 348 g/mol. The van der Waals surface area contributed by atoms with E-state index in [1.54, 1.807) is 48.5 Å². The van der Waals surface area contributed by atoms with Gasteiger partial charge in [-0.2, -0.15) is 5.26 Å². The lowest BCUT2D eigenvalue weighted by Crippen LogP contribution is -2.35. The van der Waals surface area contributed by atoms with Gasteiger partial charge in [0.05, 0.1) is 18.7 Å². The zero-order valence-electron chi connectivity index (χ0n) is 15.3. The monoisotopic (exact) mass is 368 g/mol. The van der Waals surface area contributed by atoms with Crippen LogP contribution in [0.3, 0.4) is 0 Å². The zero-order valence-corrected chi connectivity index (χ0v) is 15.3. The molecule has 1 N–H and O–H groups in total. The molecule has 0 saturated heterocycles. The first-order chi connectivity index (χ1) is 12.9. The summed E-state index contributed by atoms with van der Waals surface area (Å²) in [5.41, 5.74) is 1.02. The van der Waals surface area contributed by atoms with E-state index in [9.17, 15) is 9.59 Å². The van der Waals surface area contributed by atoms with E-state index >= 15 is 0 Å². The highest BCUT2D eigenvalue weighted by atomic mass is 16.6. The predicted molar refractivity (Wildman–Crippen MR) is 98.4 cm³/mol. The Morgan fingerprint density at radius 2 is 1.74 bits per heavy atom. The third kappa shape index (κ3) is 5.75. The minimum absolute atomic E-state index is 0.423. The number of hydrogen-bond acceptors (Lipinski definition) is 6. The molecule has 0 saturated carbocycles. The number of nitrogens with one attached hydrogen (secondary N) is 1. The van der Waals surface area contributed by atoms with Crippen molar-refractivity contribution in [1.29, 1.82) is 5.26 Å². The predicted octanol–water partition coefficient (Wildman–Crippen LogP) is 2.90.